The molecule has 0 fully saturated rings. The maximum atomic E-state index is 11.4. The van der Waals surface area contributed by atoms with Crippen LogP contribution in [0, 0.1) is 5.92 Å². The van der Waals surface area contributed by atoms with Gasteiger partial charge in [0, 0.05) is 6.04 Å². The van der Waals surface area contributed by atoms with E-state index in [0.29, 0.717) is 17.0 Å². The summed E-state index contributed by atoms with van der Waals surface area (Å²) in [6.07, 6.45) is 4.47. The first-order valence-electron chi connectivity index (χ1n) is 7.58. The lowest BCUT2D eigenvalue weighted by Gasteiger charge is -2.23. The summed E-state index contributed by atoms with van der Waals surface area (Å²) in [5.41, 5.74) is 7.36. The van der Waals surface area contributed by atoms with Crippen molar-refractivity contribution in [2.45, 2.75) is 45.6 Å². The summed E-state index contributed by atoms with van der Waals surface area (Å²) in [4.78, 5) is 27.9. The summed E-state index contributed by atoms with van der Waals surface area (Å²) >= 11 is 0. The molecule has 0 spiro atoms. The van der Waals surface area contributed by atoms with Crippen LogP contribution in [0.4, 0.5) is 0 Å². The summed E-state index contributed by atoms with van der Waals surface area (Å²) in [6.45, 7) is 4.33. The van der Waals surface area contributed by atoms with Gasteiger partial charge in [0.2, 0.25) is 0 Å². The maximum absolute atomic E-state index is 11.4. The predicted octanol–water partition coefficient (Wildman–Crippen LogP) is 2.43. The Balaban J connectivity index is 2.35. The van der Waals surface area contributed by atoms with E-state index in [2.05, 4.69) is 23.8 Å². The molecule has 0 aliphatic rings. The molecule has 2 unspecified atom stereocenters. The number of H-pyrrole nitrogens is 2. The monoisotopic (exact) mass is 289 g/mol. The van der Waals surface area contributed by atoms with Gasteiger partial charge in [0.25, 0.3) is 0 Å². The first-order valence-corrected chi connectivity index (χ1v) is 7.58. The highest BCUT2D eigenvalue weighted by atomic mass is 16.2. The van der Waals surface area contributed by atoms with Gasteiger partial charge in [0.1, 0.15) is 0 Å². The van der Waals surface area contributed by atoms with E-state index in [9.17, 15) is 9.59 Å². The van der Waals surface area contributed by atoms with Crippen LogP contribution in [0.3, 0.4) is 0 Å². The molecule has 0 radical (unpaired) electrons. The van der Waals surface area contributed by atoms with E-state index in [1.54, 1.807) is 6.07 Å². The van der Waals surface area contributed by atoms with Crippen molar-refractivity contribution in [1.29, 1.82) is 0 Å². The molecule has 21 heavy (non-hydrogen) atoms. The van der Waals surface area contributed by atoms with Crippen molar-refractivity contribution in [2.75, 3.05) is 0 Å². The zero-order chi connectivity index (χ0) is 15.4. The van der Waals surface area contributed by atoms with Gasteiger partial charge in [-0.2, -0.15) is 0 Å². The standard InChI is InChI=1S/C16H23N3O2/c1-3-5-6-10(4-2)14(17)11-7-8-12-13(9-11)19-16(21)15(20)18-12/h7-10,14H,3-6,17H2,1-2H3,(H,18,20)(H,19,21). The van der Waals surface area contributed by atoms with Crippen molar-refractivity contribution in [3.8, 4) is 0 Å². The third-order valence-corrected chi connectivity index (χ3v) is 4.09. The van der Waals surface area contributed by atoms with Crippen molar-refractivity contribution < 1.29 is 0 Å². The number of fused-ring (bicyclic) bond motifs is 1. The molecule has 0 bridgehead atoms. The first-order chi connectivity index (χ1) is 10.1. The van der Waals surface area contributed by atoms with Crippen LogP contribution in [0.15, 0.2) is 27.8 Å². The van der Waals surface area contributed by atoms with E-state index in [0.717, 1.165) is 24.8 Å². The quantitative estimate of drug-likeness (QED) is 0.713. The number of nitrogens with one attached hydrogen (secondary N) is 2. The third kappa shape index (κ3) is 3.42. The van der Waals surface area contributed by atoms with Gasteiger partial charge in [-0.25, -0.2) is 0 Å². The number of rotatable bonds is 6. The molecule has 114 valence electrons. The molecule has 2 rings (SSSR count). The van der Waals surface area contributed by atoms with Gasteiger partial charge in [-0.15, -0.1) is 0 Å². The molecule has 0 saturated carbocycles. The Kier molecular flexibility index (Phi) is 4.96. The second kappa shape index (κ2) is 6.72. The molecule has 5 nitrogen and oxygen atoms in total. The normalized spacial score (nSPS) is 14.2. The Hall–Kier alpha value is -1.88. The van der Waals surface area contributed by atoms with Crippen LogP contribution in [-0.2, 0) is 0 Å². The van der Waals surface area contributed by atoms with Crippen molar-refractivity contribution in [2.24, 2.45) is 11.7 Å². The number of unbranched alkanes of at least 4 members (excludes halogenated alkanes) is 1. The minimum atomic E-state index is -0.633. The fourth-order valence-electron chi connectivity index (χ4n) is 2.72. The molecular weight excluding hydrogens is 266 g/mol. The maximum Gasteiger partial charge on any atom is 0.314 e. The van der Waals surface area contributed by atoms with Gasteiger partial charge in [-0.05, 0) is 30.0 Å². The van der Waals surface area contributed by atoms with Gasteiger partial charge >= 0.3 is 11.1 Å². The smallest absolute Gasteiger partial charge is 0.314 e. The number of hydrogen-bond donors (Lipinski definition) is 3. The summed E-state index contributed by atoms with van der Waals surface area (Å²) in [5.74, 6) is 0.428. The minimum Gasteiger partial charge on any atom is -0.324 e. The average Bonchev–Trinajstić information content (AvgIpc) is 2.48. The Morgan fingerprint density at radius 1 is 1.10 bits per heavy atom. The van der Waals surface area contributed by atoms with Crippen LogP contribution >= 0.6 is 0 Å². The molecule has 5 heteroatoms. The zero-order valence-corrected chi connectivity index (χ0v) is 12.6. The van der Waals surface area contributed by atoms with Crippen molar-refractivity contribution in [3.05, 3.63) is 44.5 Å². The molecule has 1 aromatic heterocycles. The lowest BCUT2D eigenvalue weighted by molar-refractivity contribution is 0.378. The highest BCUT2D eigenvalue weighted by molar-refractivity contribution is 5.74. The Bertz CT molecular complexity index is 717. The van der Waals surface area contributed by atoms with Crippen molar-refractivity contribution in [3.63, 3.8) is 0 Å². The highest BCUT2D eigenvalue weighted by Crippen LogP contribution is 2.27. The molecule has 0 saturated heterocycles. The highest BCUT2D eigenvalue weighted by Gasteiger charge is 2.17. The van der Waals surface area contributed by atoms with E-state index in [-0.39, 0.29) is 6.04 Å². The van der Waals surface area contributed by atoms with Gasteiger partial charge in [0.15, 0.2) is 0 Å². The van der Waals surface area contributed by atoms with E-state index in [1.807, 2.05) is 12.1 Å². The number of benzene rings is 1. The zero-order valence-electron chi connectivity index (χ0n) is 12.6. The molecule has 1 aromatic carbocycles. The minimum absolute atomic E-state index is 0.0543. The molecule has 4 N–H and O–H groups in total. The average molecular weight is 289 g/mol. The molecule has 2 aromatic rings. The van der Waals surface area contributed by atoms with Crippen molar-refractivity contribution in [1.82, 2.24) is 9.97 Å². The van der Waals surface area contributed by atoms with Crippen LogP contribution in [0.25, 0.3) is 11.0 Å². The molecule has 0 amide bonds. The van der Waals surface area contributed by atoms with Gasteiger partial charge in [-0.1, -0.05) is 39.2 Å². The van der Waals surface area contributed by atoms with Crippen LogP contribution in [0.2, 0.25) is 0 Å². The van der Waals surface area contributed by atoms with Crippen LogP contribution in [0.5, 0.6) is 0 Å². The Morgan fingerprint density at radius 3 is 2.38 bits per heavy atom. The topological polar surface area (TPSA) is 91.7 Å². The van der Waals surface area contributed by atoms with Crippen LogP contribution in [-0.4, -0.2) is 9.97 Å². The molecular formula is C16H23N3O2. The van der Waals surface area contributed by atoms with Gasteiger partial charge in [-0.3, -0.25) is 9.59 Å². The second-order valence-corrected chi connectivity index (χ2v) is 5.55. The SMILES string of the molecule is CCCCC(CC)C(N)c1ccc2[nH]c(=O)c(=O)[nH]c2c1. The predicted molar refractivity (Wildman–Crippen MR) is 85.4 cm³/mol. The fourth-order valence-corrected chi connectivity index (χ4v) is 2.72. The van der Waals surface area contributed by atoms with E-state index in [1.165, 1.54) is 6.42 Å². The lowest BCUT2D eigenvalue weighted by Crippen LogP contribution is -2.29. The van der Waals surface area contributed by atoms with Crippen LogP contribution in [0.1, 0.15) is 51.1 Å². The van der Waals surface area contributed by atoms with E-state index < -0.39 is 11.1 Å². The number of aromatic nitrogens is 2. The Labute approximate surface area is 123 Å². The molecule has 2 atom stereocenters. The first kappa shape index (κ1) is 15.5. The summed E-state index contributed by atoms with van der Waals surface area (Å²) in [7, 11) is 0. The molecule has 0 aliphatic heterocycles. The number of nitrogens with two attached hydrogens (primary N) is 1. The van der Waals surface area contributed by atoms with Gasteiger partial charge < -0.3 is 15.7 Å². The summed E-state index contributed by atoms with van der Waals surface area (Å²) < 4.78 is 0. The fraction of sp³-hybridized carbons (Fsp3) is 0.500. The second-order valence-electron chi connectivity index (χ2n) is 5.55. The van der Waals surface area contributed by atoms with Crippen molar-refractivity contribution >= 4 is 11.0 Å². The molecule has 0 aliphatic carbocycles. The lowest BCUT2D eigenvalue weighted by atomic mass is 9.87. The van der Waals surface area contributed by atoms with Crippen LogP contribution < -0.4 is 16.9 Å². The van der Waals surface area contributed by atoms with E-state index >= 15 is 0 Å². The van der Waals surface area contributed by atoms with Gasteiger partial charge in [0.05, 0.1) is 11.0 Å². The van der Waals surface area contributed by atoms with E-state index in [4.69, 9.17) is 5.73 Å². The largest absolute Gasteiger partial charge is 0.324 e. The number of hydrogen-bond acceptors (Lipinski definition) is 3. The summed E-state index contributed by atoms with van der Waals surface area (Å²) in [6, 6.07) is 5.54. The number of aromatic amines is 2. The summed E-state index contributed by atoms with van der Waals surface area (Å²) in [5, 5.41) is 0. The molecule has 1 heterocycles. The third-order valence-electron chi connectivity index (χ3n) is 4.09. The Morgan fingerprint density at radius 2 is 1.76 bits per heavy atom.